The van der Waals surface area contributed by atoms with E-state index >= 15 is 0 Å². The molecule has 0 fully saturated rings. The van der Waals surface area contributed by atoms with Crippen molar-refractivity contribution in [1.29, 1.82) is 0 Å². The molecule has 0 aromatic heterocycles. The molecule has 3 aliphatic rings. The SMILES string of the molecule is CN1C2=NCCCN2c2cc(NC(=O)c3cc(F)cc(C(F)(F)F)c3)c3c(c21)C(=O)NC3c1cc(F)ccc1Cl. The monoisotopic (exact) mass is 575 g/mol. The Bertz CT molecular complexity index is 1640. The van der Waals surface area contributed by atoms with E-state index in [9.17, 15) is 31.5 Å². The fourth-order valence-electron chi connectivity index (χ4n) is 5.38. The zero-order chi connectivity index (χ0) is 28.5. The van der Waals surface area contributed by atoms with Crippen molar-refractivity contribution in [3.8, 4) is 0 Å². The van der Waals surface area contributed by atoms with Gasteiger partial charge in [0.2, 0.25) is 5.96 Å². The number of amides is 2. The molecule has 1 atom stereocenters. The summed E-state index contributed by atoms with van der Waals surface area (Å²) < 4.78 is 68.3. The lowest BCUT2D eigenvalue weighted by Crippen LogP contribution is -2.40. The second kappa shape index (κ2) is 9.19. The van der Waals surface area contributed by atoms with Crippen LogP contribution in [0.5, 0.6) is 0 Å². The zero-order valence-electron chi connectivity index (χ0n) is 20.7. The first-order valence-corrected chi connectivity index (χ1v) is 12.5. The number of guanidine groups is 1. The highest BCUT2D eigenvalue weighted by molar-refractivity contribution is 6.31. The lowest BCUT2D eigenvalue weighted by molar-refractivity contribution is -0.137. The van der Waals surface area contributed by atoms with E-state index in [2.05, 4.69) is 15.6 Å². The average molecular weight is 576 g/mol. The number of nitrogens with one attached hydrogen (secondary N) is 2. The Kier molecular flexibility index (Phi) is 5.98. The number of rotatable bonds is 3. The van der Waals surface area contributed by atoms with Gasteiger partial charge >= 0.3 is 6.18 Å². The smallest absolute Gasteiger partial charge is 0.341 e. The molecule has 3 aromatic rings. The molecule has 40 heavy (non-hydrogen) atoms. The number of carbonyl (C=O) groups excluding carboxylic acids is 2. The maximum Gasteiger partial charge on any atom is 0.416 e. The summed E-state index contributed by atoms with van der Waals surface area (Å²) in [6.07, 6.45) is -4.15. The van der Waals surface area contributed by atoms with Crippen molar-refractivity contribution in [2.24, 2.45) is 4.99 Å². The lowest BCUT2D eigenvalue weighted by atomic mass is 9.94. The molecule has 3 heterocycles. The molecule has 3 aromatic carbocycles. The maximum absolute atomic E-state index is 14.3. The number of carbonyl (C=O) groups is 2. The summed E-state index contributed by atoms with van der Waals surface area (Å²) in [6.45, 7) is 1.15. The standard InChI is InChI=1S/C27H19ClF5N5O2/c1-37-23-19(38-6-2-5-34-26(37)38)11-18(35-24(39)12-7-13(27(31,32)33)9-15(30)8-12)20-21(23)25(40)36-22(20)16-10-14(29)3-4-17(16)28/h3-4,7-11,22H,2,5-6H2,1H3,(H,35,39)(H,36,40). The molecule has 13 heteroatoms. The Morgan fingerprint density at radius 1 is 1.12 bits per heavy atom. The minimum absolute atomic E-state index is 0.0699. The van der Waals surface area contributed by atoms with E-state index in [-0.39, 0.29) is 27.4 Å². The Hall–Kier alpha value is -4.19. The predicted molar refractivity (Wildman–Crippen MR) is 139 cm³/mol. The summed E-state index contributed by atoms with van der Waals surface area (Å²) in [5.41, 5.74) is -0.147. The number of hydrogen-bond donors (Lipinski definition) is 2. The first kappa shape index (κ1) is 26.1. The zero-order valence-corrected chi connectivity index (χ0v) is 21.4. The van der Waals surface area contributed by atoms with Crippen LogP contribution >= 0.6 is 11.6 Å². The molecule has 0 saturated carbocycles. The molecule has 0 saturated heterocycles. The van der Waals surface area contributed by atoms with Gasteiger partial charge in [-0.25, -0.2) is 8.78 Å². The third kappa shape index (κ3) is 4.14. The van der Waals surface area contributed by atoms with Gasteiger partial charge in [0.1, 0.15) is 11.6 Å². The van der Waals surface area contributed by atoms with Crippen LogP contribution in [0.4, 0.5) is 39.0 Å². The van der Waals surface area contributed by atoms with Gasteiger partial charge in [0.15, 0.2) is 0 Å². The number of fused-ring (bicyclic) bond motifs is 5. The quantitative estimate of drug-likeness (QED) is 0.391. The number of halogens is 6. The molecule has 6 rings (SSSR count). The second-order valence-corrected chi connectivity index (χ2v) is 9.99. The summed E-state index contributed by atoms with van der Waals surface area (Å²) in [4.78, 5) is 34.9. The molecule has 0 spiro atoms. The van der Waals surface area contributed by atoms with Crippen molar-refractivity contribution in [3.63, 3.8) is 0 Å². The van der Waals surface area contributed by atoms with Crippen LogP contribution in [0.1, 0.15) is 49.9 Å². The molecule has 206 valence electrons. The number of aliphatic imine (C=N–C) groups is 1. The third-order valence-corrected chi connectivity index (χ3v) is 7.42. The van der Waals surface area contributed by atoms with Crippen molar-refractivity contribution in [2.45, 2.75) is 18.6 Å². The van der Waals surface area contributed by atoms with E-state index in [1.807, 2.05) is 4.90 Å². The van der Waals surface area contributed by atoms with Crippen LogP contribution < -0.4 is 20.4 Å². The van der Waals surface area contributed by atoms with Crippen molar-refractivity contribution in [2.75, 3.05) is 35.3 Å². The van der Waals surface area contributed by atoms with Gasteiger partial charge in [-0.2, -0.15) is 13.2 Å². The fraction of sp³-hybridized carbons (Fsp3) is 0.222. The van der Waals surface area contributed by atoms with Gasteiger partial charge in [-0.05, 0) is 48.9 Å². The molecular weight excluding hydrogens is 557 g/mol. The van der Waals surface area contributed by atoms with Gasteiger partial charge in [0.25, 0.3) is 11.8 Å². The van der Waals surface area contributed by atoms with E-state index in [4.69, 9.17) is 11.6 Å². The molecule has 2 amide bonds. The van der Waals surface area contributed by atoms with Gasteiger partial charge in [-0.15, -0.1) is 0 Å². The first-order valence-electron chi connectivity index (χ1n) is 12.2. The molecule has 1 unspecified atom stereocenters. The molecule has 0 radical (unpaired) electrons. The van der Waals surface area contributed by atoms with Crippen molar-refractivity contribution < 1.29 is 31.5 Å². The first-order chi connectivity index (χ1) is 18.9. The summed E-state index contributed by atoms with van der Waals surface area (Å²) in [7, 11) is 1.74. The topological polar surface area (TPSA) is 77.0 Å². The number of alkyl halides is 3. The predicted octanol–water partition coefficient (Wildman–Crippen LogP) is 5.74. The van der Waals surface area contributed by atoms with E-state index in [1.165, 1.54) is 6.07 Å². The highest BCUT2D eigenvalue weighted by Crippen LogP contribution is 2.50. The minimum atomic E-state index is -4.88. The van der Waals surface area contributed by atoms with Crippen LogP contribution in [0.25, 0.3) is 0 Å². The Morgan fingerprint density at radius 3 is 2.65 bits per heavy atom. The van der Waals surface area contributed by atoms with Gasteiger partial charge in [0.05, 0.1) is 28.5 Å². The largest absolute Gasteiger partial charge is 0.416 e. The van der Waals surface area contributed by atoms with Crippen LogP contribution in [0.15, 0.2) is 47.5 Å². The normalized spacial score (nSPS) is 17.7. The highest BCUT2D eigenvalue weighted by Gasteiger charge is 2.44. The number of nitrogens with zero attached hydrogens (tertiary/aromatic N) is 3. The summed E-state index contributed by atoms with van der Waals surface area (Å²) in [5, 5.41) is 5.51. The average Bonchev–Trinajstić information content (AvgIpc) is 3.39. The van der Waals surface area contributed by atoms with Gasteiger partial charge in [-0.1, -0.05) is 11.6 Å². The van der Waals surface area contributed by atoms with Gasteiger partial charge in [0, 0.05) is 47.5 Å². The Balaban J connectivity index is 1.53. The Labute approximate surface area is 229 Å². The van der Waals surface area contributed by atoms with Gasteiger partial charge in [-0.3, -0.25) is 14.6 Å². The molecular formula is C27H19ClF5N5O2. The maximum atomic E-state index is 14.3. The molecule has 3 aliphatic heterocycles. The van der Waals surface area contributed by atoms with Crippen LogP contribution in [-0.2, 0) is 6.18 Å². The highest BCUT2D eigenvalue weighted by atomic mass is 35.5. The van der Waals surface area contributed by atoms with Crippen LogP contribution in [0.3, 0.4) is 0 Å². The van der Waals surface area contributed by atoms with E-state index in [0.29, 0.717) is 48.6 Å². The van der Waals surface area contributed by atoms with Crippen LogP contribution in [-0.4, -0.2) is 37.9 Å². The summed E-state index contributed by atoms with van der Waals surface area (Å²) in [5.74, 6) is -2.82. The fourth-order valence-corrected chi connectivity index (χ4v) is 5.61. The van der Waals surface area contributed by atoms with Crippen LogP contribution in [0.2, 0.25) is 5.02 Å². The van der Waals surface area contributed by atoms with Crippen LogP contribution in [0, 0.1) is 11.6 Å². The van der Waals surface area contributed by atoms with Crippen molar-refractivity contribution in [3.05, 3.63) is 86.9 Å². The number of benzene rings is 3. The van der Waals surface area contributed by atoms with Crippen molar-refractivity contribution >= 4 is 46.4 Å². The second-order valence-electron chi connectivity index (χ2n) is 9.58. The van der Waals surface area contributed by atoms with Crippen molar-refractivity contribution in [1.82, 2.24) is 5.32 Å². The number of hydrogen-bond acceptors (Lipinski definition) is 5. The van der Waals surface area contributed by atoms with E-state index in [0.717, 1.165) is 18.6 Å². The lowest BCUT2D eigenvalue weighted by Gasteiger charge is -2.25. The van der Waals surface area contributed by atoms with E-state index < -0.39 is 46.8 Å². The Morgan fingerprint density at radius 2 is 1.90 bits per heavy atom. The molecule has 0 bridgehead atoms. The van der Waals surface area contributed by atoms with Gasteiger partial charge < -0.3 is 20.4 Å². The summed E-state index contributed by atoms with van der Waals surface area (Å²) >= 11 is 6.38. The number of anilines is 3. The molecule has 0 aliphatic carbocycles. The van der Waals surface area contributed by atoms with E-state index in [1.54, 1.807) is 18.0 Å². The molecule has 2 N–H and O–H groups in total. The third-order valence-electron chi connectivity index (χ3n) is 7.08. The minimum Gasteiger partial charge on any atom is -0.341 e. The molecule has 7 nitrogen and oxygen atoms in total. The summed E-state index contributed by atoms with van der Waals surface area (Å²) in [6, 6.07) is 5.74.